The summed E-state index contributed by atoms with van der Waals surface area (Å²) < 4.78 is 14.1. The van der Waals surface area contributed by atoms with E-state index in [0.29, 0.717) is 10.6 Å². The van der Waals surface area contributed by atoms with Gasteiger partial charge in [0.05, 0.1) is 5.38 Å². The van der Waals surface area contributed by atoms with Gasteiger partial charge in [-0.1, -0.05) is 11.6 Å². The van der Waals surface area contributed by atoms with Crippen molar-refractivity contribution in [3.63, 3.8) is 0 Å². The van der Waals surface area contributed by atoms with Gasteiger partial charge in [0.25, 0.3) is 0 Å². The van der Waals surface area contributed by atoms with Crippen LogP contribution in [0.1, 0.15) is 44.3 Å². The van der Waals surface area contributed by atoms with E-state index in [4.69, 9.17) is 23.2 Å². The zero-order valence-corrected chi connectivity index (χ0v) is 14.5. The topological polar surface area (TPSA) is 0 Å². The van der Waals surface area contributed by atoms with Gasteiger partial charge in [-0.2, -0.15) is 0 Å². The first-order valence-electron chi connectivity index (χ1n) is 6.91. The third-order valence-corrected chi connectivity index (χ3v) is 5.23. The predicted octanol–water partition coefficient (Wildman–Crippen LogP) is 6.35. The first-order chi connectivity index (χ1) is 9.75. The minimum absolute atomic E-state index is 0.325. The van der Waals surface area contributed by atoms with Gasteiger partial charge in [0, 0.05) is 10.6 Å². The van der Waals surface area contributed by atoms with Crippen LogP contribution in [0.15, 0.2) is 18.2 Å². The zero-order chi connectivity index (χ0) is 15.9. The fourth-order valence-electron chi connectivity index (χ4n) is 2.77. The van der Waals surface area contributed by atoms with Crippen LogP contribution in [-0.2, 0) is 0 Å². The maximum absolute atomic E-state index is 14.1. The van der Waals surface area contributed by atoms with Crippen LogP contribution in [-0.4, -0.2) is 0 Å². The molecule has 0 aliphatic heterocycles. The van der Waals surface area contributed by atoms with Crippen LogP contribution in [0.2, 0.25) is 5.02 Å². The molecule has 0 nitrogen and oxygen atoms in total. The molecule has 0 spiro atoms. The van der Waals surface area contributed by atoms with E-state index in [0.717, 1.165) is 16.7 Å². The molecular formula is C18H19Cl2F. The van der Waals surface area contributed by atoms with Gasteiger partial charge in [-0.3, -0.25) is 0 Å². The van der Waals surface area contributed by atoms with Crippen molar-refractivity contribution in [2.45, 2.75) is 40.0 Å². The molecule has 2 rings (SSSR count). The fourth-order valence-corrected chi connectivity index (χ4v) is 3.45. The Hall–Kier alpha value is -1.05. The van der Waals surface area contributed by atoms with Crippen molar-refractivity contribution >= 4 is 23.2 Å². The number of alkyl halides is 1. The highest BCUT2D eigenvalue weighted by Gasteiger charge is 2.22. The molecule has 0 N–H and O–H groups in total. The summed E-state index contributed by atoms with van der Waals surface area (Å²) >= 11 is 12.6. The molecule has 0 aliphatic carbocycles. The molecular weight excluding hydrogens is 306 g/mol. The normalized spacial score (nSPS) is 12.6. The lowest BCUT2D eigenvalue weighted by atomic mass is 9.86. The van der Waals surface area contributed by atoms with Gasteiger partial charge < -0.3 is 0 Å². The molecule has 0 aliphatic rings. The van der Waals surface area contributed by atoms with E-state index in [1.54, 1.807) is 6.07 Å². The number of benzene rings is 2. The third-order valence-electron chi connectivity index (χ3n) is 4.54. The van der Waals surface area contributed by atoms with Crippen LogP contribution < -0.4 is 0 Å². The summed E-state index contributed by atoms with van der Waals surface area (Å²) in [5, 5.41) is -0.0467. The Balaban J connectivity index is 2.69. The van der Waals surface area contributed by atoms with Crippen LogP contribution in [0.5, 0.6) is 0 Å². The van der Waals surface area contributed by atoms with Crippen molar-refractivity contribution in [2.75, 3.05) is 0 Å². The molecule has 0 heterocycles. The summed E-state index contributed by atoms with van der Waals surface area (Å²) in [5.41, 5.74) is 7.34. The van der Waals surface area contributed by atoms with Crippen molar-refractivity contribution in [3.05, 3.63) is 68.0 Å². The van der Waals surface area contributed by atoms with Gasteiger partial charge in [0.15, 0.2) is 0 Å². The number of hydrogen-bond acceptors (Lipinski definition) is 0. The molecule has 1 unspecified atom stereocenters. The summed E-state index contributed by atoms with van der Waals surface area (Å²) in [6.07, 6.45) is 0. The Labute approximate surface area is 135 Å². The van der Waals surface area contributed by atoms with Crippen LogP contribution in [0, 0.1) is 40.4 Å². The maximum Gasteiger partial charge on any atom is 0.128 e. The first kappa shape index (κ1) is 16.3. The second kappa shape index (κ2) is 5.98. The Morgan fingerprint density at radius 2 is 1.33 bits per heavy atom. The summed E-state index contributed by atoms with van der Waals surface area (Å²) in [4.78, 5) is 0. The van der Waals surface area contributed by atoms with Gasteiger partial charge >= 0.3 is 0 Å². The average Bonchev–Trinajstić information content (AvgIpc) is 2.45. The summed E-state index contributed by atoms with van der Waals surface area (Å²) in [5.74, 6) is -0.325. The standard InChI is InChI=1S/C18H19Cl2F/c1-9-10(2)12(4)17(13(5)11(9)3)18(20)15-8-14(19)6-7-16(15)21/h6-8,18H,1-5H3. The van der Waals surface area contributed by atoms with E-state index in [-0.39, 0.29) is 5.82 Å². The molecule has 0 fully saturated rings. The highest BCUT2D eigenvalue weighted by Crippen LogP contribution is 2.39. The highest BCUT2D eigenvalue weighted by molar-refractivity contribution is 6.31. The summed E-state index contributed by atoms with van der Waals surface area (Å²) in [6, 6.07) is 4.51. The van der Waals surface area contributed by atoms with Gasteiger partial charge in [-0.15, -0.1) is 11.6 Å². The van der Waals surface area contributed by atoms with Gasteiger partial charge in [-0.05, 0) is 86.2 Å². The van der Waals surface area contributed by atoms with E-state index in [2.05, 4.69) is 20.8 Å². The second-order valence-electron chi connectivity index (χ2n) is 5.57. The molecule has 0 saturated heterocycles. The van der Waals surface area contributed by atoms with Crippen molar-refractivity contribution in [3.8, 4) is 0 Å². The lowest BCUT2D eigenvalue weighted by Gasteiger charge is -2.22. The van der Waals surface area contributed by atoms with Crippen molar-refractivity contribution in [1.29, 1.82) is 0 Å². The molecule has 0 amide bonds. The van der Waals surface area contributed by atoms with Crippen molar-refractivity contribution in [2.24, 2.45) is 0 Å². The predicted molar refractivity (Wildman–Crippen MR) is 89.2 cm³/mol. The number of rotatable bonds is 2. The van der Waals surface area contributed by atoms with Crippen LogP contribution >= 0.6 is 23.2 Å². The Kier molecular flexibility index (Phi) is 4.65. The molecule has 0 saturated carbocycles. The van der Waals surface area contributed by atoms with E-state index in [1.165, 1.54) is 28.8 Å². The lowest BCUT2D eigenvalue weighted by Crippen LogP contribution is -2.07. The quantitative estimate of drug-likeness (QED) is 0.564. The zero-order valence-electron chi connectivity index (χ0n) is 12.9. The Morgan fingerprint density at radius 3 is 1.86 bits per heavy atom. The molecule has 0 bridgehead atoms. The molecule has 0 aromatic heterocycles. The minimum Gasteiger partial charge on any atom is -0.207 e. The van der Waals surface area contributed by atoms with E-state index < -0.39 is 5.38 Å². The van der Waals surface area contributed by atoms with Crippen LogP contribution in [0.3, 0.4) is 0 Å². The molecule has 2 aromatic rings. The summed E-state index contributed by atoms with van der Waals surface area (Å²) in [7, 11) is 0. The van der Waals surface area contributed by atoms with Crippen LogP contribution in [0.25, 0.3) is 0 Å². The molecule has 1 atom stereocenters. The second-order valence-corrected chi connectivity index (χ2v) is 6.44. The minimum atomic E-state index is -0.540. The van der Waals surface area contributed by atoms with E-state index in [9.17, 15) is 4.39 Å². The molecule has 2 aromatic carbocycles. The van der Waals surface area contributed by atoms with Gasteiger partial charge in [0.1, 0.15) is 5.82 Å². The van der Waals surface area contributed by atoms with E-state index in [1.807, 2.05) is 13.8 Å². The highest BCUT2D eigenvalue weighted by atomic mass is 35.5. The largest absolute Gasteiger partial charge is 0.207 e. The smallest absolute Gasteiger partial charge is 0.128 e. The molecule has 3 heteroatoms. The molecule has 112 valence electrons. The monoisotopic (exact) mass is 324 g/mol. The third kappa shape index (κ3) is 2.82. The fraction of sp³-hybridized carbons (Fsp3) is 0.333. The number of halogens is 3. The SMILES string of the molecule is Cc1c(C)c(C)c(C(Cl)c2cc(Cl)ccc2F)c(C)c1C. The lowest BCUT2D eigenvalue weighted by molar-refractivity contribution is 0.612. The summed E-state index contributed by atoms with van der Waals surface area (Å²) in [6.45, 7) is 10.4. The van der Waals surface area contributed by atoms with Crippen molar-refractivity contribution in [1.82, 2.24) is 0 Å². The maximum atomic E-state index is 14.1. The Morgan fingerprint density at radius 1 is 0.857 bits per heavy atom. The molecule has 0 radical (unpaired) electrons. The number of hydrogen-bond donors (Lipinski definition) is 0. The average molecular weight is 325 g/mol. The van der Waals surface area contributed by atoms with Crippen molar-refractivity contribution < 1.29 is 4.39 Å². The molecule has 21 heavy (non-hydrogen) atoms. The van der Waals surface area contributed by atoms with Gasteiger partial charge in [-0.25, -0.2) is 4.39 Å². The Bertz CT molecular complexity index is 676. The van der Waals surface area contributed by atoms with E-state index >= 15 is 0 Å². The van der Waals surface area contributed by atoms with Gasteiger partial charge in [0.2, 0.25) is 0 Å². The van der Waals surface area contributed by atoms with Crippen LogP contribution in [0.4, 0.5) is 4.39 Å². The first-order valence-corrected chi connectivity index (χ1v) is 7.73.